The Balaban J connectivity index is 1.97. The summed E-state index contributed by atoms with van der Waals surface area (Å²) in [4.78, 5) is 12.1. The second kappa shape index (κ2) is 10.8. The summed E-state index contributed by atoms with van der Waals surface area (Å²) in [6.07, 6.45) is 3.20. The van der Waals surface area contributed by atoms with Crippen LogP contribution in [0.3, 0.4) is 0 Å². The van der Waals surface area contributed by atoms with Gasteiger partial charge in [0.05, 0.1) is 0 Å². The van der Waals surface area contributed by atoms with Crippen LogP contribution in [0.15, 0.2) is 42.5 Å². The van der Waals surface area contributed by atoms with Crippen LogP contribution in [0.2, 0.25) is 0 Å². The van der Waals surface area contributed by atoms with Gasteiger partial charge in [0, 0.05) is 24.4 Å². The van der Waals surface area contributed by atoms with Crippen LogP contribution in [0.5, 0.6) is 5.75 Å². The zero-order valence-electron chi connectivity index (χ0n) is 16.2. The maximum atomic E-state index is 12.1. The summed E-state index contributed by atoms with van der Waals surface area (Å²) in [6.45, 7) is 7.20. The van der Waals surface area contributed by atoms with Gasteiger partial charge in [-0.2, -0.15) is 0 Å². The normalized spacial score (nSPS) is 12.3. The van der Waals surface area contributed by atoms with E-state index in [-0.39, 0.29) is 12.1 Å². The highest BCUT2D eigenvalue weighted by Crippen LogP contribution is 2.25. The van der Waals surface area contributed by atoms with Crippen molar-refractivity contribution in [1.82, 2.24) is 5.32 Å². The van der Waals surface area contributed by atoms with Crippen LogP contribution >= 0.6 is 0 Å². The lowest BCUT2D eigenvalue weighted by Gasteiger charge is -2.21. The fourth-order valence-electron chi connectivity index (χ4n) is 2.77. The first-order valence-electron chi connectivity index (χ1n) is 9.63. The second-order valence-electron chi connectivity index (χ2n) is 6.92. The van der Waals surface area contributed by atoms with E-state index in [2.05, 4.69) is 38.2 Å². The Labute approximate surface area is 156 Å². The molecule has 1 N–H and O–H groups in total. The SMILES string of the molecule is CCCCCC(=O)OC(CNC(C)C)COc1cccc2ccccc12. The van der Waals surface area contributed by atoms with Gasteiger partial charge in [-0.15, -0.1) is 0 Å². The largest absolute Gasteiger partial charge is 0.489 e. The molecule has 26 heavy (non-hydrogen) atoms. The summed E-state index contributed by atoms with van der Waals surface area (Å²) in [6, 6.07) is 14.5. The summed E-state index contributed by atoms with van der Waals surface area (Å²) in [5, 5.41) is 5.54. The third kappa shape index (κ3) is 6.68. The predicted octanol–water partition coefficient (Wildman–Crippen LogP) is 4.71. The van der Waals surface area contributed by atoms with Gasteiger partial charge < -0.3 is 14.8 Å². The summed E-state index contributed by atoms with van der Waals surface area (Å²) in [5.74, 6) is 0.676. The van der Waals surface area contributed by atoms with Gasteiger partial charge in [0.25, 0.3) is 0 Å². The van der Waals surface area contributed by atoms with Crippen molar-refractivity contribution in [2.45, 2.75) is 58.6 Å². The Morgan fingerprint density at radius 1 is 1.08 bits per heavy atom. The number of hydrogen-bond donors (Lipinski definition) is 1. The van der Waals surface area contributed by atoms with Gasteiger partial charge >= 0.3 is 5.97 Å². The molecule has 142 valence electrons. The minimum absolute atomic E-state index is 0.143. The molecule has 1 unspecified atom stereocenters. The van der Waals surface area contributed by atoms with E-state index in [1.54, 1.807) is 0 Å². The second-order valence-corrected chi connectivity index (χ2v) is 6.92. The van der Waals surface area contributed by atoms with Gasteiger partial charge in [-0.1, -0.05) is 70.0 Å². The van der Waals surface area contributed by atoms with Crippen molar-refractivity contribution < 1.29 is 14.3 Å². The van der Waals surface area contributed by atoms with E-state index in [9.17, 15) is 4.79 Å². The third-order valence-corrected chi connectivity index (χ3v) is 4.21. The Hall–Kier alpha value is -2.07. The van der Waals surface area contributed by atoms with Gasteiger partial charge in [0.1, 0.15) is 18.5 Å². The van der Waals surface area contributed by atoms with E-state index >= 15 is 0 Å². The lowest BCUT2D eigenvalue weighted by molar-refractivity contribution is -0.150. The number of esters is 1. The lowest BCUT2D eigenvalue weighted by Crippen LogP contribution is -2.38. The molecule has 0 heterocycles. The van der Waals surface area contributed by atoms with Gasteiger partial charge in [0.2, 0.25) is 0 Å². The molecule has 4 heteroatoms. The Bertz CT molecular complexity index is 679. The molecule has 0 spiro atoms. The van der Waals surface area contributed by atoms with Crippen molar-refractivity contribution in [3.05, 3.63) is 42.5 Å². The van der Waals surface area contributed by atoms with Crippen LogP contribution in [-0.4, -0.2) is 31.3 Å². The molecule has 2 aromatic rings. The molecule has 1 atom stereocenters. The van der Waals surface area contributed by atoms with Crippen molar-refractivity contribution in [3.63, 3.8) is 0 Å². The van der Waals surface area contributed by atoms with Crippen molar-refractivity contribution in [3.8, 4) is 5.75 Å². The van der Waals surface area contributed by atoms with Crippen LogP contribution in [0.4, 0.5) is 0 Å². The average Bonchev–Trinajstić information content (AvgIpc) is 2.64. The van der Waals surface area contributed by atoms with E-state index in [0.717, 1.165) is 35.8 Å². The van der Waals surface area contributed by atoms with Crippen molar-refractivity contribution in [2.75, 3.05) is 13.2 Å². The van der Waals surface area contributed by atoms with Crippen LogP contribution in [-0.2, 0) is 9.53 Å². The highest BCUT2D eigenvalue weighted by Gasteiger charge is 2.16. The van der Waals surface area contributed by atoms with E-state index in [4.69, 9.17) is 9.47 Å². The number of fused-ring (bicyclic) bond motifs is 1. The average molecular weight is 357 g/mol. The van der Waals surface area contributed by atoms with Gasteiger partial charge in [0.15, 0.2) is 0 Å². The fourth-order valence-corrected chi connectivity index (χ4v) is 2.77. The molecule has 0 radical (unpaired) electrons. The molecule has 0 saturated carbocycles. The monoisotopic (exact) mass is 357 g/mol. The van der Waals surface area contributed by atoms with Crippen LogP contribution in [0, 0.1) is 0 Å². The van der Waals surface area contributed by atoms with Crippen molar-refractivity contribution in [1.29, 1.82) is 0 Å². The number of benzene rings is 2. The summed E-state index contributed by atoms with van der Waals surface area (Å²) >= 11 is 0. The molecule has 0 aromatic heterocycles. The fraction of sp³-hybridized carbons (Fsp3) is 0.500. The minimum Gasteiger partial charge on any atom is -0.489 e. The Morgan fingerprint density at radius 2 is 1.85 bits per heavy atom. The maximum absolute atomic E-state index is 12.1. The van der Waals surface area contributed by atoms with Crippen LogP contribution in [0.1, 0.15) is 46.5 Å². The number of rotatable bonds is 11. The smallest absolute Gasteiger partial charge is 0.306 e. The number of unbranched alkanes of at least 4 members (excludes halogenated alkanes) is 2. The van der Waals surface area contributed by atoms with Crippen molar-refractivity contribution in [2.24, 2.45) is 0 Å². The van der Waals surface area contributed by atoms with Crippen molar-refractivity contribution >= 4 is 16.7 Å². The first kappa shape index (κ1) is 20.2. The molecular weight excluding hydrogens is 326 g/mol. The molecule has 2 rings (SSSR count). The quantitative estimate of drug-likeness (QED) is 0.467. The molecule has 0 bridgehead atoms. The number of nitrogens with one attached hydrogen (secondary N) is 1. The first-order chi connectivity index (χ1) is 12.6. The molecule has 4 nitrogen and oxygen atoms in total. The van der Waals surface area contributed by atoms with Gasteiger partial charge in [-0.05, 0) is 17.9 Å². The highest BCUT2D eigenvalue weighted by atomic mass is 16.6. The maximum Gasteiger partial charge on any atom is 0.306 e. The molecule has 0 aliphatic rings. The van der Waals surface area contributed by atoms with Gasteiger partial charge in [-0.3, -0.25) is 4.79 Å². The van der Waals surface area contributed by atoms with Crippen LogP contribution in [0.25, 0.3) is 10.8 Å². The number of carbonyl (C=O) groups excluding carboxylic acids is 1. The molecule has 0 saturated heterocycles. The minimum atomic E-state index is -0.300. The standard InChI is InChI=1S/C22H31NO3/c1-4-5-6-14-22(24)26-19(15-23-17(2)3)16-25-21-13-9-11-18-10-7-8-12-20(18)21/h7-13,17,19,23H,4-6,14-16H2,1-3H3. The Kier molecular flexibility index (Phi) is 8.42. The van der Waals surface area contributed by atoms with E-state index in [1.807, 2.05) is 30.3 Å². The van der Waals surface area contributed by atoms with Gasteiger partial charge in [-0.25, -0.2) is 0 Å². The number of hydrogen-bond acceptors (Lipinski definition) is 4. The number of carbonyl (C=O) groups is 1. The van der Waals surface area contributed by atoms with E-state index < -0.39 is 0 Å². The molecule has 0 aliphatic heterocycles. The van der Waals surface area contributed by atoms with E-state index in [0.29, 0.717) is 25.6 Å². The summed E-state index contributed by atoms with van der Waals surface area (Å²) in [7, 11) is 0. The lowest BCUT2D eigenvalue weighted by atomic mass is 10.1. The Morgan fingerprint density at radius 3 is 2.62 bits per heavy atom. The highest BCUT2D eigenvalue weighted by molar-refractivity contribution is 5.88. The first-order valence-corrected chi connectivity index (χ1v) is 9.63. The summed E-state index contributed by atoms with van der Waals surface area (Å²) < 4.78 is 11.7. The molecular formula is C22H31NO3. The molecule has 0 amide bonds. The topological polar surface area (TPSA) is 47.6 Å². The molecule has 0 aliphatic carbocycles. The molecule has 0 fully saturated rings. The third-order valence-electron chi connectivity index (χ3n) is 4.21. The van der Waals surface area contributed by atoms with E-state index in [1.165, 1.54) is 0 Å². The molecule has 2 aromatic carbocycles. The van der Waals surface area contributed by atoms with Crippen LogP contribution < -0.4 is 10.1 Å². The summed E-state index contributed by atoms with van der Waals surface area (Å²) in [5.41, 5.74) is 0. The number of ether oxygens (including phenoxy) is 2. The zero-order valence-corrected chi connectivity index (χ0v) is 16.2. The zero-order chi connectivity index (χ0) is 18.8. The predicted molar refractivity (Wildman–Crippen MR) is 107 cm³/mol.